The van der Waals surface area contributed by atoms with Crippen LogP contribution in [0.25, 0.3) is 11.1 Å². The van der Waals surface area contributed by atoms with Gasteiger partial charge in [-0.15, -0.1) is 11.8 Å². The van der Waals surface area contributed by atoms with Crippen molar-refractivity contribution in [1.82, 2.24) is 4.98 Å². The molecule has 3 heterocycles. The number of aromatic nitrogens is 1. The molecule has 0 atom stereocenters. The number of thiazole rings is 1. The second kappa shape index (κ2) is 10.1. The Morgan fingerprint density at radius 2 is 1.74 bits per heavy atom. The standard InChI is InChI=1S/C29H25F2N3O2S2/c1-19-26(37-14-20-5-3-2-4-6-20)38-27(32-19)34-16-29(17-36-18-29)15-33(28(34)35)23-10-7-21(8-11-23)24-13-22(30)9-12-25(24)31/h2-13H,14-18H2,1H3. The summed E-state index contributed by atoms with van der Waals surface area (Å²) in [5, 5.41) is 0.678. The Kier molecular flexibility index (Phi) is 6.67. The van der Waals surface area contributed by atoms with Gasteiger partial charge in [-0.25, -0.2) is 18.6 Å². The summed E-state index contributed by atoms with van der Waals surface area (Å²) in [5.41, 5.74) is 3.39. The number of amides is 2. The Bertz CT molecular complexity index is 1470. The van der Waals surface area contributed by atoms with E-state index in [1.54, 1.807) is 45.8 Å². The number of halogens is 2. The molecule has 4 aromatic rings. The van der Waals surface area contributed by atoms with Gasteiger partial charge in [0.1, 0.15) is 11.6 Å². The fourth-order valence-corrected chi connectivity index (χ4v) is 6.98. The van der Waals surface area contributed by atoms with Crippen molar-refractivity contribution >= 4 is 39.9 Å². The molecule has 9 heteroatoms. The first kappa shape index (κ1) is 25.0. The highest BCUT2D eigenvalue weighted by molar-refractivity contribution is 8.00. The molecule has 0 unspecified atom stereocenters. The van der Waals surface area contributed by atoms with Crippen LogP contribution >= 0.6 is 23.1 Å². The van der Waals surface area contributed by atoms with Crippen LogP contribution in [0, 0.1) is 24.0 Å². The Morgan fingerprint density at radius 3 is 2.45 bits per heavy atom. The predicted octanol–water partition coefficient (Wildman–Crippen LogP) is 7.15. The number of rotatable bonds is 6. The van der Waals surface area contributed by atoms with Crippen LogP contribution in [-0.2, 0) is 10.5 Å². The zero-order chi connectivity index (χ0) is 26.3. The van der Waals surface area contributed by atoms with Gasteiger partial charge >= 0.3 is 6.03 Å². The van der Waals surface area contributed by atoms with Crippen molar-refractivity contribution in [3.05, 3.63) is 95.7 Å². The van der Waals surface area contributed by atoms with Gasteiger partial charge in [0, 0.05) is 30.1 Å². The summed E-state index contributed by atoms with van der Waals surface area (Å²) in [6, 6.07) is 20.5. The van der Waals surface area contributed by atoms with Gasteiger partial charge in [-0.05, 0) is 48.4 Å². The van der Waals surface area contributed by atoms with Crippen molar-refractivity contribution in [3.8, 4) is 11.1 Å². The number of carbonyl (C=O) groups is 1. The first-order valence-electron chi connectivity index (χ1n) is 12.3. The summed E-state index contributed by atoms with van der Waals surface area (Å²) >= 11 is 3.26. The van der Waals surface area contributed by atoms with Crippen LogP contribution in [0.2, 0.25) is 0 Å². The molecule has 6 rings (SSSR count). The maximum Gasteiger partial charge on any atom is 0.330 e. The van der Waals surface area contributed by atoms with Crippen LogP contribution < -0.4 is 9.80 Å². The van der Waals surface area contributed by atoms with Crippen LogP contribution in [0.4, 0.5) is 24.4 Å². The number of hydrogen-bond donors (Lipinski definition) is 0. The summed E-state index contributed by atoms with van der Waals surface area (Å²) in [7, 11) is 0. The van der Waals surface area contributed by atoms with Gasteiger partial charge in [-0.3, -0.25) is 9.80 Å². The molecule has 0 radical (unpaired) electrons. The zero-order valence-electron chi connectivity index (χ0n) is 20.7. The molecule has 2 aliphatic heterocycles. The fraction of sp³-hybridized carbons (Fsp3) is 0.241. The monoisotopic (exact) mass is 549 g/mol. The zero-order valence-corrected chi connectivity index (χ0v) is 22.3. The third kappa shape index (κ3) is 4.81. The molecule has 0 saturated carbocycles. The average molecular weight is 550 g/mol. The second-order valence-electron chi connectivity index (χ2n) is 9.76. The molecule has 2 fully saturated rings. The van der Waals surface area contributed by atoms with Crippen molar-refractivity contribution in [2.75, 3.05) is 36.1 Å². The predicted molar refractivity (Wildman–Crippen MR) is 148 cm³/mol. The Balaban J connectivity index is 1.26. The number of urea groups is 1. The highest BCUT2D eigenvalue weighted by atomic mass is 32.2. The molecular formula is C29H25F2N3O2S2. The molecule has 0 bridgehead atoms. The summed E-state index contributed by atoms with van der Waals surface area (Å²) < 4.78 is 34.7. The molecule has 1 spiro atoms. The van der Waals surface area contributed by atoms with Crippen LogP contribution in [-0.4, -0.2) is 37.3 Å². The average Bonchev–Trinajstić information content (AvgIpc) is 3.29. The van der Waals surface area contributed by atoms with Crippen molar-refractivity contribution in [3.63, 3.8) is 0 Å². The largest absolute Gasteiger partial charge is 0.380 e. The van der Waals surface area contributed by atoms with E-state index in [1.165, 1.54) is 23.0 Å². The topological polar surface area (TPSA) is 45.7 Å². The number of anilines is 2. The van der Waals surface area contributed by atoms with Crippen molar-refractivity contribution < 1.29 is 18.3 Å². The Morgan fingerprint density at radius 1 is 1.00 bits per heavy atom. The summed E-state index contributed by atoms with van der Waals surface area (Å²) in [4.78, 5) is 22.0. The first-order valence-corrected chi connectivity index (χ1v) is 14.1. The summed E-state index contributed by atoms with van der Waals surface area (Å²) in [6.07, 6.45) is 0. The number of carbonyl (C=O) groups excluding carboxylic acids is 1. The third-order valence-corrected chi connectivity index (χ3v) is 9.48. The summed E-state index contributed by atoms with van der Waals surface area (Å²) in [5.74, 6) is -0.163. The minimum atomic E-state index is -0.501. The lowest BCUT2D eigenvalue weighted by atomic mass is 9.83. The number of benzene rings is 3. The lowest BCUT2D eigenvalue weighted by Gasteiger charge is -2.51. The number of ether oxygens (including phenoxy) is 1. The van der Waals surface area contributed by atoms with E-state index in [4.69, 9.17) is 9.72 Å². The van der Waals surface area contributed by atoms with E-state index in [9.17, 15) is 13.6 Å². The van der Waals surface area contributed by atoms with Gasteiger partial charge in [-0.2, -0.15) is 0 Å². The van der Waals surface area contributed by atoms with Gasteiger partial charge < -0.3 is 4.74 Å². The van der Waals surface area contributed by atoms with Crippen molar-refractivity contribution in [2.45, 2.75) is 16.9 Å². The fourth-order valence-electron chi connectivity index (χ4n) is 4.81. The molecule has 38 heavy (non-hydrogen) atoms. The highest BCUT2D eigenvalue weighted by Gasteiger charge is 2.49. The smallest absolute Gasteiger partial charge is 0.330 e. The van der Waals surface area contributed by atoms with Crippen LogP contribution in [0.15, 0.2) is 77.0 Å². The molecule has 3 aromatic carbocycles. The molecule has 0 N–H and O–H groups in total. The Labute approximate surface area is 228 Å². The van der Waals surface area contributed by atoms with E-state index in [1.807, 2.05) is 25.1 Å². The second-order valence-corrected chi connectivity index (χ2v) is 12.0. The minimum absolute atomic E-state index is 0.152. The van der Waals surface area contributed by atoms with Gasteiger partial charge in [0.2, 0.25) is 0 Å². The minimum Gasteiger partial charge on any atom is -0.380 e. The maximum atomic E-state index is 14.3. The van der Waals surface area contributed by atoms with E-state index in [0.717, 1.165) is 27.8 Å². The van der Waals surface area contributed by atoms with E-state index >= 15 is 0 Å². The molecule has 2 aliphatic rings. The number of nitrogens with zero attached hydrogens (tertiary/aromatic N) is 3. The summed E-state index contributed by atoms with van der Waals surface area (Å²) in [6.45, 7) is 4.19. The Hall–Kier alpha value is -3.27. The van der Waals surface area contributed by atoms with E-state index in [0.29, 0.717) is 42.7 Å². The number of thioether (sulfide) groups is 1. The van der Waals surface area contributed by atoms with Crippen LogP contribution in [0.3, 0.4) is 0 Å². The van der Waals surface area contributed by atoms with Crippen LogP contribution in [0.5, 0.6) is 0 Å². The molecule has 5 nitrogen and oxygen atoms in total. The van der Waals surface area contributed by atoms with Crippen molar-refractivity contribution in [1.29, 1.82) is 0 Å². The quantitative estimate of drug-likeness (QED) is 0.240. The molecular weight excluding hydrogens is 524 g/mol. The van der Waals surface area contributed by atoms with Gasteiger partial charge in [-0.1, -0.05) is 53.8 Å². The molecule has 2 saturated heterocycles. The van der Waals surface area contributed by atoms with Gasteiger partial charge in [0.05, 0.1) is 28.5 Å². The number of aryl methyl sites for hydroxylation is 1. The molecule has 1 aromatic heterocycles. The van der Waals surface area contributed by atoms with E-state index in [2.05, 4.69) is 12.1 Å². The van der Waals surface area contributed by atoms with Crippen LogP contribution in [0.1, 0.15) is 11.3 Å². The molecule has 0 aliphatic carbocycles. The van der Waals surface area contributed by atoms with Gasteiger partial charge in [0.15, 0.2) is 5.13 Å². The SMILES string of the molecule is Cc1nc(N2CC3(COC3)CN(c3ccc(-c4cc(F)ccc4F)cc3)C2=O)sc1SCc1ccccc1. The van der Waals surface area contributed by atoms with Gasteiger partial charge in [0.25, 0.3) is 0 Å². The third-order valence-electron chi connectivity index (χ3n) is 6.87. The maximum absolute atomic E-state index is 14.3. The first-order chi connectivity index (χ1) is 18.4. The van der Waals surface area contributed by atoms with E-state index in [-0.39, 0.29) is 17.0 Å². The lowest BCUT2D eigenvalue weighted by Crippen LogP contribution is -2.65. The highest BCUT2D eigenvalue weighted by Crippen LogP contribution is 2.42. The number of hydrogen-bond acceptors (Lipinski definition) is 5. The van der Waals surface area contributed by atoms with Crippen molar-refractivity contribution in [2.24, 2.45) is 5.41 Å². The molecule has 194 valence electrons. The lowest BCUT2D eigenvalue weighted by molar-refractivity contribution is -0.103. The normalized spacial score (nSPS) is 16.7. The van der Waals surface area contributed by atoms with E-state index < -0.39 is 11.6 Å². The molecule has 2 amide bonds.